The van der Waals surface area contributed by atoms with Crippen LogP contribution in [0.1, 0.15) is 59.1 Å². The Morgan fingerprint density at radius 3 is 2.38 bits per heavy atom. The average molecular weight is 447 g/mol. The SMILES string of the molecule is CCc1ccc([C@@H](C)OC(=O)N[C@@H](C)CNC(=O)c2cc(=O)c(O)c(C(=O)NO)o2)cc1. The lowest BCUT2D eigenvalue weighted by molar-refractivity contribution is 0.0663. The summed E-state index contributed by atoms with van der Waals surface area (Å²) in [4.78, 5) is 47.4. The fraction of sp³-hybridized carbons (Fsp3) is 0.333. The highest BCUT2D eigenvalue weighted by Crippen LogP contribution is 2.18. The van der Waals surface area contributed by atoms with Crippen molar-refractivity contribution in [3.8, 4) is 5.75 Å². The van der Waals surface area contributed by atoms with Crippen LogP contribution < -0.4 is 21.5 Å². The van der Waals surface area contributed by atoms with Crippen molar-refractivity contribution in [2.75, 3.05) is 6.54 Å². The lowest BCUT2D eigenvalue weighted by atomic mass is 10.1. The van der Waals surface area contributed by atoms with E-state index in [1.807, 2.05) is 31.2 Å². The van der Waals surface area contributed by atoms with Gasteiger partial charge in [-0.3, -0.25) is 19.6 Å². The quantitative estimate of drug-likeness (QED) is 0.301. The van der Waals surface area contributed by atoms with Gasteiger partial charge in [0, 0.05) is 18.7 Å². The third-order valence-corrected chi connectivity index (χ3v) is 4.53. The first-order valence-corrected chi connectivity index (χ1v) is 9.82. The summed E-state index contributed by atoms with van der Waals surface area (Å²) in [6.45, 7) is 5.34. The van der Waals surface area contributed by atoms with Gasteiger partial charge in [-0.1, -0.05) is 31.2 Å². The van der Waals surface area contributed by atoms with Crippen LogP contribution in [0.5, 0.6) is 5.75 Å². The number of alkyl carbamates (subject to hydrolysis) is 1. The van der Waals surface area contributed by atoms with E-state index in [2.05, 4.69) is 10.6 Å². The predicted octanol–water partition coefficient (Wildman–Crippen LogP) is 1.63. The second kappa shape index (κ2) is 11.0. The molecule has 0 spiro atoms. The zero-order valence-electron chi connectivity index (χ0n) is 17.8. The number of aryl methyl sites for hydroxylation is 1. The summed E-state index contributed by atoms with van der Waals surface area (Å²) in [5.74, 6) is -4.71. The van der Waals surface area contributed by atoms with Crippen molar-refractivity contribution in [3.63, 3.8) is 0 Å². The average Bonchev–Trinajstić information content (AvgIpc) is 2.78. The van der Waals surface area contributed by atoms with Crippen molar-refractivity contribution < 1.29 is 33.9 Å². The smallest absolute Gasteiger partial charge is 0.408 e. The van der Waals surface area contributed by atoms with Crippen LogP contribution in [-0.2, 0) is 11.2 Å². The van der Waals surface area contributed by atoms with Crippen molar-refractivity contribution >= 4 is 17.9 Å². The predicted molar refractivity (Wildman–Crippen MR) is 112 cm³/mol. The fourth-order valence-electron chi connectivity index (χ4n) is 2.68. The maximum Gasteiger partial charge on any atom is 0.408 e. The van der Waals surface area contributed by atoms with Crippen molar-refractivity contribution in [2.45, 2.75) is 39.3 Å². The molecular weight excluding hydrogens is 422 g/mol. The van der Waals surface area contributed by atoms with Gasteiger partial charge in [-0.05, 0) is 31.4 Å². The van der Waals surface area contributed by atoms with Gasteiger partial charge in [-0.15, -0.1) is 0 Å². The van der Waals surface area contributed by atoms with Crippen molar-refractivity contribution in [1.82, 2.24) is 16.1 Å². The number of carbonyl (C=O) groups excluding carboxylic acids is 3. The van der Waals surface area contributed by atoms with E-state index in [-0.39, 0.29) is 6.54 Å². The molecule has 11 nitrogen and oxygen atoms in total. The van der Waals surface area contributed by atoms with Crippen LogP contribution in [0.25, 0.3) is 0 Å². The van der Waals surface area contributed by atoms with E-state index in [4.69, 9.17) is 14.4 Å². The van der Waals surface area contributed by atoms with E-state index >= 15 is 0 Å². The minimum Gasteiger partial charge on any atom is -0.501 e. The van der Waals surface area contributed by atoms with Gasteiger partial charge in [0.2, 0.25) is 16.9 Å². The lowest BCUT2D eigenvalue weighted by Crippen LogP contribution is -2.42. The Balaban J connectivity index is 1.90. The van der Waals surface area contributed by atoms with Crippen LogP contribution in [0.2, 0.25) is 0 Å². The Kier molecular flexibility index (Phi) is 8.36. The summed E-state index contributed by atoms with van der Waals surface area (Å²) < 4.78 is 10.2. The summed E-state index contributed by atoms with van der Waals surface area (Å²) in [5.41, 5.74) is 2.16. The molecule has 0 aliphatic heterocycles. The number of rotatable bonds is 8. The van der Waals surface area contributed by atoms with Crippen LogP contribution in [0.3, 0.4) is 0 Å². The molecule has 0 aliphatic carbocycles. The number of amides is 3. The Labute approximate surface area is 183 Å². The van der Waals surface area contributed by atoms with E-state index in [9.17, 15) is 24.3 Å². The zero-order chi connectivity index (χ0) is 23.8. The Morgan fingerprint density at radius 2 is 1.78 bits per heavy atom. The minimum atomic E-state index is -1.30. The molecule has 0 radical (unpaired) electrons. The number of benzene rings is 1. The van der Waals surface area contributed by atoms with Gasteiger partial charge in [-0.2, -0.15) is 0 Å². The van der Waals surface area contributed by atoms with E-state index in [1.165, 1.54) is 11.0 Å². The third-order valence-electron chi connectivity index (χ3n) is 4.53. The normalized spacial score (nSPS) is 12.4. The Bertz CT molecular complexity index is 1030. The summed E-state index contributed by atoms with van der Waals surface area (Å²) in [6, 6.07) is 7.83. The number of carbonyl (C=O) groups is 3. The number of aromatic hydroxyl groups is 1. The third kappa shape index (κ3) is 6.32. The highest BCUT2D eigenvalue weighted by Gasteiger charge is 2.22. The van der Waals surface area contributed by atoms with E-state index in [0.29, 0.717) is 6.07 Å². The van der Waals surface area contributed by atoms with E-state index < -0.39 is 52.8 Å². The van der Waals surface area contributed by atoms with Gasteiger partial charge in [0.25, 0.3) is 5.91 Å². The standard InChI is InChI=1S/C21H25N3O8/c1-4-13-5-7-14(8-6-13)12(3)31-21(29)23-11(2)10-22-19(27)16-9-15(25)17(26)18(32-16)20(28)24-30/h5-9,11-12,26,30H,4,10H2,1-3H3,(H,22,27)(H,23,29)(H,24,28)/t11-,12+/m0/s1. The maximum atomic E-state index is 12.2. The van der Waals surface area contributed by atoms with Crippen molar-refractivity contribution in [2.24, 2.45) is 0 Å². The van der Waals surface area contributed by atoms with Gasteiger partial charge < -0.3 is 24.9 Å². The number of nitrogens with one attached hydrogen (secondary N) is 3. The molecule has 3 amide bonds. The monoisotopic (exact) mass is 447 g/mol. The number of hydrogen-bond donors (Lipinski definition) is 5. The first-order chi connectivity index (χ1) is 15.2. The van der Waals surface area contributed by atoms with E-state index in [0.717, 1.165) is 12.0 Å². The minimum absolute atomic E-state index is 0.0559. The van der Waals surface area contributed by atoms with Crippen LogP contribution in [-0.4, -0.2) is 40.8 Å². The van der Waals surface area contributed by atoms with Crippen molar-refractivity contribution in [1.29, 1.82) is 0 Å². The molecule has 32 heavy (non-hydrogen) atoms. The van der Waals surface area contributed by atoms with Gasteiger partial charge in [0.15, 0.2) is 5.76 Å². The molecule has 0 saturated heterocycles. The highest BCUT2D eigenvalue weighted by atomic mass is 16.6. The molecule has 11 heteroatoms. The van der Waals surface area contributed by atoms with Gasteiger partial charge in [-0.25, -0.2) is 10.3 Å². The topological polar surface area (TPSA) is 167 Å². The Hall–Kier alpha value is -3.86. The summed E-state index contributed by atoms with van der Waals surface area (Å²) in [7, 11) is 0. The van der Waals surface area contributed by atoms with Gasteiger partial charge in [0.05, 0.1) is 0 Å². The molecule has 1 aromatic carbocycles. The molecule has 1 heterocycles. The van der Waals surface area contributed by atoms with Crippen LogP contribution in [0.15, 0.2) is 39.5 Å². The lowest BCUT2D eigenvalue weighted by Gasteiger charge is -2.18. The molecule has 0 saturated carbocycles. The molecule has 5 N–H and O–H groups in total. The second-order valence-electron chi connectivity index (χ2n) is 6.99. The largest absolute Gasteiger partial charge is 0.501 e. The van der Waals surface area contributed by atoms with Crippen LogP contribution >= 0.6 is 0 Å². The molecule has 2 rings (SSSR count). The molecule has 0 bridgehead atoms. The molecular formula is C21H25N3O8. The summed E-state index contributed by atoms with van der Waals surface area (Å²) in [6.07, 6.45) is -0.259. The fourth-order valence-corrected chi connectivity index (χ4v) is 2.68. The first kappa shape index (κ1) is 24.4. The molecule has 1 aromatic heterocycles. The summed E-state index contributed by atoms with van der Waals surface area (Å²) >= 11 is 0. The molecule has 0 fully saturated rings. The molecule has 0 aliphatic rings. The molecule has 2 aromatic rings. The first-order valence-electron chi connectivity index (χ1n) is 9.82. The zero-order valence-corrected chi connectivity index (χ0v) is 17.8. The Morgan fingerprint density at radius 1 is 1.12 bits per heavy atom. The summed E-state index contributed by atoms with van der Waals surface area (Å²) in [5, 5.41) is 23.1. The molecule has 0 unspecified atom stereocenters. The van der Waals surface area contributed by atoms with Gasteiger partial charge in [0.1, 0.15) is 6.10 Å². The van der Waals surface area contributed by atoms with Crippen molar-refractivity contribution in [3.05, 3.63) is 63.2 Å². The highest BCUT2D eigenvalue weighted by molar-refractivity contribution is 5.95. The van der Waals surface area contributed by atoms with Gasteiger partial charge >= 0.3 is 12.0 Å². The number of ether oxygens (including phenoxy) is 1. The number of hydroxylamine groups is 1. The second-order valence-corrected chi connectivity index (χ2v) is 6.99. The molecule has 2 atom stereocenters. The van der Waals surface area contributed by atoms with Crippen LogP contribution in [0, 0.1) is 0 Å². The number of hydrogen-bond acceptors (Lipinski definition) is 8. The molecule has 172 valence electrons. The maximum absolute atomic E-state index is 12.2. The van der Waals surface area contributed by atoms with E-state index in [1.54, 1.807) is 13.8 Å². The van der Waals surface area contributed by atoms with Crippen LogP contribution in [0.4, 0.5) is 4.79 Å².